The first-order valence-corrected chi connectivity index (χ1v) is 4.85. The van der Waals surface area contributed by atoms with Gasteiger partial charge in [0.15, 0.2) is 0 Å². The van der Waals surface area contributed by atoms with Crippen molar-refractivity contribution in [2.45, 2.75) is 25.9 Å². The van der Waals surface area contributed by atoms with E-state index in [4.69, 9.17) is 5.73 Å². The molecule has 1 rings (SSSR count). The Morgan fingerprint density at radius 2 is 2.38 bits per heavy atom. The zero-order valence-corrected chi connectivity index (χ0v) is 8.07. The number of piperidine rings is 1. The molecule has 1 amide bonds. The lowest BCUT2D eigenvalue weighted by molar-refractivity contribution is -0.133. The highest BCUT2D eigenvalue weighted by Gasteiger charge is 2.28. The van der Waals surface area contributed by atoms with Gasteiger partial charge in [-0.15, -0.1) is 0 Å². The Morgan fingerprint density at radius 3 is 2.92 bits per heavy atom. The molecule has 13 heavy (non-hydrogen) atoms. The van der Waals surface area contributed by atoms with Gasteiger partial charge in [0.1, 0.15) is 0 Å². The Balaban J connectivity index is 2.49. The van der Waals surface area contributed by atoms with Gasteiger partial charge in [-0.3, -0.25) is 4.79 Å². The van der Waals surface area contributed by atoms with Crippen molar-refractivity contribution in [2.75, 3.05) is 19.6 Å². The molecular formula is C9H18N2O2. The fraction of sp³-hybridized carbons (Fsp3) is 0.889. The van der Waals surface area contributed by atoms with E-state index in [1.54, 1.807) is 4.90 Å². The van der Waals surface area contributed by atoms with Crippen LogP contribution in [0.5, 0.6) is 0 Å². The van der Waals surface area contributed by atoms with Gasteiger partial charge >= 0.3 is 0 Å². The van der Waals surface area contributed by atoms with Crippen molar-refractivity contribution >= 4 is 5.91 Å². The number of nitrogens with two attached hydrogens (primary N) is 1. The number of carbonyl (C=O) groups excluding carboxylic acids is 1. The second-order valence-corrected chi connectivity index (χ2v) is 3.57. The molecule has 4 heteroatoms. The van der Waals surface area contributed by atoms with Crippen molar-refractivity contribution in [3.05, 3.63) is 0 Å². The summed E-state index contributed by atoms with van der Waals surface area (Å²) in [7, 11) is 0. The van der Waals surface area contributed by atoms with E-state index in [9.17, 15) is 9.90 Å². The van der Waals surface area contributed by atoms with E-state index < -0.39 is 0 Å². The molecule has 0 bridgehead atoms. The lowest BCUT2D eigenvalue weighted by Crippen LogP contribution is -2.47. The van der Waals surface area contributed by atoms with Gasteiger partial charge in [-0.1, -0.05) is 6.92 Å². The van der Waals surface area contributed by atoms with Crippen LogP contribution < -0.4 is 5.73 Å². The van der Waals surface area contributed by atoms with E-state index in [-0.39, 0.29) is 24.5 Å². The molecule has 0 radical (unpaired) electrons. The third-order valence-electron chi connectivity index (χ3n) is 2.75. The molecule has 1 heterocycles. The number of hydrogen-bond donors (Lipinski definition) is 2. The minimum Gasteiger partial charge on any atom is -0.393 e. The number of hydrogen-bond acceptors (Lipinski definition) is 3. The number of likely N-dealkylation sites (tertiary alicyclic amines) is 1. The summed E-state index contributed by atoms with van der Waals surface area (Å²) in [4.78, 5) is 13.0. The molecule has 1 saturated heterocycles. The van der Waals surface area contributed by atoms with Crippen molar-refractivity contribution in [2.24, 2.45) is 11.7 Å². The van der Waals surface area contributed by atoms with E-state index in [0.717, 1.165) is 6.42 Å². The van der Waals surface area contributed by atoms with Gasteiger partial charge in [0.2, 0.25) is 5.91 Å². The molecule has 76 valence electrons. The van der Waals surface area contributed by atoms with Crippen LogP contribution >= 0.6 is 0 Å². The van der Waals surface area contributed by atoms with Crippen LogP contribution in [-0.4, -0.2) is 41.7 Å². The van der Waals surface area contributed by atoms with Gasteiger partial charge in [0.05, 0.1) is 12.6 Å². The summed E-state index contributed by atoms with van der Waals surface area (Å²) in [6, 6.07) is 0. The average Bonchev–Trinajstić information content (AvgIpc) is 2.17. The number of nitrogens with zero attached hydrogens (tertiary/aromatic N) is 1. The van der Waals surface area contributed by atoms with Crippen LogP contribution in [0.4, 0.5) is 0 Å². The first-order valence-electron chi connectivity index (χ1n) is 4.85. The fourth-order valence-corrected chi connectivity index (χ4v) is 1.78. The Labute approximate surface area is 78.7 Å². The summed E-state index contributed by atoms with van der Waals surface area (Å²) >= 11 is 0. The van der Waals surface area contributed by atoms with Gasteiger partial charge in [-0.05, 0) is 12.8 Å². The summed E-state index contributed by atoms with van der Waals surface area (Å²) < 4.78 is 0. The van der Waals surface area contributed by atoms with Crippen molar-refractivity contribution in [3.63, 3.8) is 0 Å². The average molecular weight is 186 g/mol. The van der Waals surface area contributed by atoms with Crippen molar-refractivity contribution < 1.29 is 9.90 Å². The molecular weight excluding hydrogens is 168 g/mol. The quantitative estimate of drug-likeness (QED) is 0.614. The van der Waals surface area contributed by atoms with Crippen LogP contribution in [-0.2, 0) is 4.79 Å². The van der Waals surface area contributed by atoms with E-state index in [2.05, 4.69) is 0 Å². The number of aliphatic hydroxyl groups excluding tert-OH is 1. The molecule has 0 aromatic heterocycles. The number of amides is 1. The van der Waals surface area contributed by atoms with Crippen LogP contribution in [0.25, 0.3) is 0 Å². The topological polar surface area (TPSA) is 66.6 Å². The van der Waals surface area contributed by atoms with Crippen molar-refractivity contribution in [1.82, 2.24) is 4.90 Å². The normalized spacial score (nSPS) is 29.0. The maximum Gasteiger partial charge on any atom is 0.236 e. The summed E-state index contributed by atoms with van der Waals surface area (Å²) in [5.74, 6) is 0.217. The van der Waals surface area contributed by atoms with E-state index >= 15 is 0 Å². The summed E-state index contributed by atoms with van der Waals surface area (Å²) in [5, 5.41) is 9.57. The SMILES string of the molecule is CC[C@H]1CN(C(=O)CN)CC[C@H]1O. The van der Waals surface area contributed by atoms with Crippen LogP contribution in [0.15, 0.2) is 0 Å². The minimum absolute atomic E-state index is 0.00894. The molecule has 0 aromatic carbocycles. The number of aliphatic hydroxyl groups is 1. The van der Waals surface area contributed by atoms with Crippen LogP contribution in [0.2, 0.25) is 0 Å². The van der Waals surface area contributed by atoms with E-state index in [1.165, 1.54) is 0 Å². The van der Waals surface area contributed by atoms with Gasteiger partial charge in [0, 0.05) is 19.0 Å². The Bertz CT molecular complexity index is 184. The third-order valence-corrected chi connectivity index (χ3v) is 2.75. The predicted octanol–water partition coefficient (Wildman–Crippen LogP) is -0.435. The monoisotopic (exact) mass is 186 g/mol. The zero-order chi connectivity index (χ0) is 9.84. The molecule has 0 aliphatic carbocycles. The van der Waals surface area contributed by atoms with E-state index in [0.29, 0.717) is 19.5 Å². The smallest absolute Gasteiger partial charge is 0.236 e. The summed E-state index contributed by atoms with van der Waals surface area (Å²) in [6.07, 6.45) is 1.35. The number of rotatable bonds is 2. The zero-order valence-electron chi connectivity index (χ0n) is 8.07. The summed E-state index contributed by atoms with van der Waals surface area (Å²) in [6.45, 7) is 3.41. The Morgan fingerprint density at radius 1 is 1.69 bits per heavy atom. The second kappa shape index (κ2) is 4.58. The molecule has 0 aromatic rings. The van der Waals surface area contributed by atoms with Gasteiger partial charge in [-0.2, -0.15) is 0 Å². The highest BCUT2D eigenvalue weighted by atomic mass is 16.3. The lowest BCUT2D eigenvalue weighted by atomic mass is 9.92. The van der Waals surface area contributed by atoms with Crippen molar-refractivity contribution in [1.29, 1.82) is 0 Å². The second-order valence-electron chi connectivity index (χ2n) is 3.57. The third kappa shape index (κ3) is 2.42. The number of carbonyl (C=O) groups is 1. The maximum absolute atomic E-state index is 11.3. The standard InChI is InChI=1S/C9H18N2O2/c1-2-7-6-11(9(13)5-10)4-3-8(7)12/h7-8,12H,2-6,10H2,1H3/t7-,8+/m0/s1. The Kier molecular flexibility index (Phi) is 3.69. The lowest BCUT2D eigenvalue weighted by Gasteiger charge is -2.35. The molecule has 1 aliphatic rings. The molecule has 4 nitrogen and oxygen atoms in total. The van der Waals surface area contributed by atoms with Crippen LogP contribution in [0.1, 0.15) is 19.8 Å². The first-order chi connectivity index (χ1) is 6.19. The molecule has 0 saturated carbocycles. The highest BCUT2D eigenvalue weighted by Crippen LogP contribution is 2.19. The van der Waals surface area contributed by atoms with Crippen molar-refractivity contribution in [3.8, 4) is 0 Å². The summed E-state index contributed by atoms with van der Waals surface area (Å²) in [5.41, 5.74) is 5.27. The molecule has 3 N–H and O–H groups in total. The molecule has 1 aliphatic heterocycles. The maximum atomic E-state index is 11.3. The van der Waals surface area contributed by atoms with E-state index in [1.807, 2.05) is 6.92 Å². The van der Waals surface area contributed by atoms with Gasteiger partial charge in [0.25, 0.3) is 0 Å². The Hall–Kier alpha value is -0.610. The predicted molar refractivity (Wildman–Crippen MR) is 50.0 cm³/mol. The molecule has 0 unspecified atom stereocenters. The fourth-order valence-electron chi connectivity index (χ4n) is 1.78. The minimum atomic E-state index is -0.244. The molecule has 2 atom stereocenters. The molecule has 1 fully saturated rings. The first kappa shape index (κ1) is 10.5. The highest BCUT2D eigenvalue weighted by molar-refractivity contribution is 5.78. The van der Waals surface area contributed by atoms with Gasteiger partial charge in [-0.25, -0.2) is 0 Å². The largest absolute Gasteiger partial charge is 0.393 e. The van der Waals surface area contributed by atoms with Crippen LogP contribution in [0.3, 0.4) is 0 Å². The molecule has 0 spiro atoms. The van der Waals surface area contributed by atoms with Gasteiger partial charge < -0.3 is 15.7 Å². The van der Waals surface area contributed by atoms with Crippen LogP contribution in [0, 0.1) is 5.92 Å².